The van der Waals surface area contributed by atoms with Gasteiger partial charge in [-0.3, -0.25) is 4.79 Å². The molecule has 4 rings (SSSR count). The van der Waals surface area contributed by atoms with Crippen LogP contribution in [-0.2, 0) is 9.53 Å². The van der Waals surface area contributed by atoms with Crippen molar-refractivity contribution >= 4 is 11.7 Å². The van der Waals surface area contributed by atoms with Crippen molar-refractivity contribution in [3.63, 3.8) is 0 Å². The number of hydrogen-bond acceptors (Lipinski definition) is 5. The standard InChI is InChI=1S/C18H26N4O2/c1-13(23)19-11-15-4-5-18(24-15)6-8-22(9-7-18)17-10-16(14-2-3-14)20-12-21-17/h10,12,14-15H,2-9,11H2,1H3,(H,19,23)/t15-/m1/s1. The lowest BCUT2D eigenvalue weighted by atomic mass is 9.88. The van der Waals surface area contributed by atoms with E-state index in [1.165, 1.54) is 18.5 Å². The van der Waals surface area contributed by atoms with E-state index in [9.17, 15) is 4.79 Å². The van der Waals surface area contributed by atoms with Gasteiger partial charge in [0.25, 0.3) is 0 Å². The Morgan fingerprint density at radius 1 is 1.29 bits per heavy atom. The summed E-state index contributed by atoms with van der Waals surface area (Å²) in [5, 5.41) is 2.88. The molecule has 1 aromatic rings. The minimum Gasteiger partial charge on any atom is -0.370 e. The molecule has 3 aliphatic rings. The number of piperidine rings is 1. The van der Waals surface area contributed by atoms with Gasteiger partial charge >= 0.3 is 0 Å². The molecule has 1 spiro atoms. The number of hydrogen-bond donors (Lipinski definition) is 1. The minimum absolute atomic E-state index is 0.00594. The molecular formula is C18H26N4O2. The van der Waals surface area contributed by atoms with Crippen molar-refractivity contribution in [3.8, 4) is 0 Å². The summed E-state index contributed by atoms with van der Waals surface area (Å²) in [6.45, 7) is 4.15. The molecule has 6 heteroatoms. The van der Waals surface area contributed by atoms with Gasteiger partial charge < -0.3 is 15.0 Å². The second-order valence-corrected chi connectivity index (χ2v) is 7.46. The molecule has 1 N–H and O–H groups in total. The van der Waals surface area contributed by atoms with Crippen LogP contribution in [0.25, 0.3) is 0 Å². The molecule has 0 bridgehead atoms. The third kappa shape index (κ3) is 3.38. The van der Waals surface area contributed by atoms with E-state index in [-0.39, 0.29) is 17.6 Å². The Bertz CT molecular complexity index is 609. The van der Waals surface area contributed by atoms with Gasteiger partial charge in [0.2, 0.25) is 5.91 Å². The predicted molar refractivity (Wildman–Crippen MR) is 91.0 cm³/mol. The lowest BCUT2D eigenvalue weighted by Crippen LogP contribution is -2.45. The molecule has 2 aliphatic heterocycles. The highest BCUT2D eigenvalue weighted by molar-refractivity contribution is 5.72. The number of nitrogens with one attached hydrogen (secondary N) is 1. The molecule has 24 heavy (non-hydrogen) atoms. The molecule has 1 atom stereocenters. The molecule has 3 heterocycles. The SMILES string of the molecule is CC(=O)NC[C@H]1CCC2(CCN(c3cc(C4CC4)ncn3)CC2)O1. The van der Waals surface area contributed by atoms with Gasteiger partial charge in [0.15, 0.2) is 0 Å². The van der Waals surface area contributed by atoms with Gasteiger partial charge in [0.1, 0.15) is 12.1 Å². The third-order valence-electron chi connectivity index (χ3n) is 5.59. The number of carbonyl (C=O) groups excluding carboxylic acids is 1. The summed E-state index contributed by atoms with van der Waals surface area (Å²) in [7, 11) is 0. The van der Waals surface area contributed by atoms with Crippen LogP contribution in [0.1, 0.15) is 57.1 Å². The highest BCUT2D eigenvalue weighted by Gasteiger charge is 2.42. The van der Waals surface area contributed by atoms with Crippen molar-refractivity contribution in [2.24, 2.45) is 0 Å². The van der Waals surface area contributed by atoms with Crippen molar-refractivity contribution in [1.82, 2.24) is 15.3 Å². The fourth-order valence-electron chi connectivity index (χ4n) is 3.94. The monoisotopic (exact) mass is 330 g/mol. The normalized spacial score (nSPS) is 25.9. The van der Waals surface area contributed by atoms with Crippen LogP contribution >= 0.6 is 0 Å². The van der Waals surface area contributed by atoms with E-state index in [4.69, 9.17) is 4.74 Å². The van der Waals surface area contributed by atoms with Crippen LogP contribution in [0, 0.1) is 0 Å². The van der Waals surface area contributed by atoms with Gasteiger partial charge in [-0.05, 0) is 38.5 Å². The van der Waals surface area contributed by atoms with E-state index in [1.807, 2.05) is 0 Å². The van der Waals surface area contributed by atoms with Gasteiger partial charge in [-0.25, -0.2) is 9.97 Å². The van der Waals surface area contributed by atoms with Crippen molar-refractivity contribution in [1.29, 1.82) is 0 Å². The maximum Gasteiger partial charge on any atom is 0.216 e. The average molecular weight is 330 g/mol. The molecule has 0 radical (unpaired) electrons. The number of ether oxygens (including phenoxy) is 1. The summed E-state index contributed by atoms with van der Waals surface area (Å²) in [5.41, 5.74) is 1.21. The number of anilines is 1. The number of rotatable bonds is 4. The lowest BCUT2D eigenvalue weighted by molar-refractivity contribution is -0.120. The Labute approximate surface area is 143 Å². The first-order valence-corrected chi connectivity index (χ1v) is 9.13. The van der Waals surface area contributed by atoms with Crippen LogP contribution in [-0.4, -0.2) is 47.2 Å². The first kappa shape index (κ1) is 15.8. The Morgan fingerprint density at radius 3 is 2.79 bits per heavy atom. The summed E-state index contributed by atoms with van der Waals surface area (Å²) >= 11 is 0. The summed E-state index contributed by atoms with van der Waals surface area (Å²) in [5.74, 6) is 1.75. The van der Waals surface area contributed by atoms with Gasteiger partial charge in [0.05, 0.1) is 11.7 Å². The first-order chi connectivity index (χ1) is 11.6. The number of carbonyl (C=O) groups is 1. The van der Waals surface area contributed by atoms with Crippen molar-refractivity contribution in [2.45, 2.75) is 63.1 Å². The van der Waals surface area contributed by atoms with E-state index in [0.29, 0.717) is 12.5 Å². The van der Waals surface area contributed by atoms with Crippen LogP contribution in [0.3, 0.4) is 0 Å². The smallest absolute Gasteiger partial charge is 0.216 e. The average Bonchev–Trinajstić information content (AvgIpc) is 3.37. The molecular weight excluding hydrogens is 304 g/mol. The van der Waals surface area contributed by atoms with Gasteiger partial charge in [-0.2, -0.15) is 0 Å². The van der Waals surface area contributed by atoms with Crippen molar-refractivity contribution in [3.05, 3.63) is 18.1 Å². The molecule has 1 amide bonds. The molecule has 1 aliphatic carbocycles. The van der Waals surface area contributed by atoms with E-state index in [0.717, 1.165) is 44.6 Å². The fourth-order valence-corrected chi connectivity index (χ4v) is 3.94. The second kappa shape index (κ2) is 6.31. The molecule has 6 nitrogen and oxygen atoms in total. The van der Waals surface area contributed by atoms with E-state index < -0.39 is 0 Å². The Hall–Kier alpha value is -1.69. The van der Waals surface area contributed by atoms with Gasteiger partial charge in [0, 0.05) is 44.2 Å². The Morgan fingerprint density at radius 2 is 2.08 bits per heavy atom. The van der Waals surface area contributed by atoms with Gasteiger partial charge in [-0.15, -0.1) is 0 Å². The number of aromatic nitrogens is 2. The van der Waals surface area contributed by atoms with Gasteiger partial charge in [-0.1, -0.05) is 0 Å². The zero-order valence-corrected chi connectivity index (χ0v) is 14.3. The molecule has 3 fully saturated rings. The zero-order chi connectivity index (χ0) is 16.6. The Balaban J connectivity index is 1.33. The number of amides is 1. The predicted octanol–water partition coefficient (Wildman–Crippen LogP) is 2.01. The number of nitrogens with zero attached hydrogens (tertiary/aromatic N) is 3. The summed E-state index contributed by atoms with van der Waals surface area (Å²) in [4.78, 5) is 22.3. The molecule has 130 valence electrons. The second-order valence-electron chi connectivity index (χ2n) is 7.46. The molecule has 0 unspecified atom stereocenters. The van der Waals surface area contributed by atoms with Crippen LogP contribution in [0.2, 0.25) is 0 Å². The van der Waals surface area contributed by atoms with Crippen LogP contribution < -0.4 is 10.2 Å². The highest BCUT2D eigenvalue weighted by atomic mass is 16.5. The van der Waals surface area contributed by atoms with Crippen molar-refractivity contribution in [2.75, 3.05) is 24.5 Å². The molecule has 2 saturated heterocycles. The van der Waals surface area contributed by atoms with Crippen LogP contribution in [0.4, 0.5) is 5.82 Å². The third-order valence-corrected chi connectivity index (χ3v) is 5.59. The quantitative estimate of drug-likeness (QED) is 0.915. The molecule has 0 aromatic carbocycles. The van der Waals surface area contributed by atoms with E-state index >= 15 is 0 Å². The van der Waals surface area contributed by atoms with Crippen LogP contribution in [0.15, 0.2) is 12.4 Å². The summed E-state index contributed by atoms with van der Waals surface area (Å²) < 4.78 is 6.32. The van der Waals surface area contributed by atoms with Crippen LogP contribution in [0.5, 0.6) is 0 Å². The molecule has 1 aromatic heterocycles. The first-order valence-electron chi connectivity index (χ1n) is 9.13. The minimum atomic E-state index is 0.00594. The zero-order valence-electron chi connectivity index (χ0n) is 14.3. The fraction of sp³-hybridized carbons (Fsp3) is 0.722. The Kier molecular flexibility index (Phi) is 4.16. The van der Waals surface area contributed by atoms with Crippen molar-refractivity contribution < 1.29 is 9.53 Å². The highest BCUT2D eigenvalue weighted by Crippen LogP contribution is 2.41. The molecule has 1 saturated carbocycles. The largest absolute Gasteiger partial charge is 0.370 e. The summed E-state index contributed by atoms with van der Waals surface area (Å²) in [6.07, 6.45) is 8.62. The lowest BCUT2D eigenvalue weighted by Gasteiger charge is -2.39. The summed E-state index contributed by atoms with van der Waals surface area (Å²) in [6, 6.07) is 2.17. The van der Waals surface area contributed by atoms with E-state index in [1.54, 1.807) is 13.3 Å². The maximum absolute atomic E-state index is 11.1. The topological polar surface area (TPSA) is 67.4 Å². The van der Waals surface area contributed by atoms with E-state index in [2.05, 4.69) is 26.3 Å². The maximum atomic E-state index is 11.1.